The largest absolute Gasteiger partial charge is 0.368 e. The molecule has 23 heavy (non-hydrogen) atoms. The van der Waals surface area contributed by atoms with Crippen molar-refractivity contribution in [2.24, 2.45) is 5.92 Å². The Labute approximate surface area is 139 Å². The quantitative estimate of drug-likeness (QED) is 0.791. The van der Waals surface area contributed by atoms with Crippen LogP contribution in [0, 0.1) is 5.92 Å². The summed E-state index contributed by atoms with van der Waals surface area (Å²) < 4.78 is 0. The molecule has 0 radical (unpaired) electrons. The number of nitrogens with two attached hydrogens (primary N) is 1. The smallest absolute Gasteiger partial charge is 0.219 e. The number of aromatic nitrogens is 3. The van der Waals surface area contributed by atoms with Crippen LogP contribution in [0.5, 0.6) is 0 Å². The molecule has 1 saturated carbocycles. The molecule has 5 heteroatoms. The molecule has 1 aromatic carbocycles. The van der Waals surface area contributed by atoms with Gasteiger partial charge in [-0.25, -0.2) is 15.0 Å². The van der Waals surface area contributed by atoms with Crippen LogP contribution in [0.3, 0.4) is 0 Å². The summed E-state index contributed by atoms with van der Waals surface area (Å²) in [7, 11) is 0. The fraction of sp³-hybridized carbons (Fsp3) is 0.278. The summed E-state index contributed by atoms with van der Waals surface area (Å²) >= 11 is 1.75. The number of benzene rings is 1. The van der Waals surface area contributed by atoms with Crippen molar-refractivity contribution in [3.8, 4) is 11.1 Å². The zero-order chi connectivity index (χ0) is 15.9. The molecule has 0 aliphatic heterocycles. The molecule has 0 spiro atoms. The second-order valence-corrected chi connectivity index (χ2v) is 7.12. The molecule has 1 aliphatic rings. The molecular formula is C18H18N4S. The first-order valence-corrected chi connectivity index (χ1v) is 8.64. The van der Waals surface area contributed by atoms with Gasteiger partial charge in [0, 0.05) is 34.9 Å². The maximum absolute atomic E-state index is 5.55. The first kappa shape index (κ1) is 14.3. The lowest BCUT2D eigenvalue weighted by Gasteiger charge is -2.28. The van der Waals surface area contributed by atoms with Gasteiger partial charge in [-0.3, -0.25) is 0 Å². The number of hydrogen-bond acceptors (Lipinski definition) is 5. The average Bonchev–Trinajstić information content (AvgIpc) is 3.30. The van der Waals surface area contributed by atoms with E-state index in [-0.39, 0.29) is 5.41 Å². The number of nitrogen functional groups attached to an aromatic ring is 1. The SMILES string of the molecule is CC(c1ccc(-c2cnc(N)nc2)cc1)(c1nccs1)C1CC1. The third kappa shape index (κ3) is 2.51. The van der Waals surface area contributed by atoms with E-state index in [9.17, 15) is 0 Å². The monoisotopic (exact) mass is 322 g/mol. The highest BCUT2D eigenvalue weighted by Crippen LogP contribution is 2.51. The van der Waals surface area contributed by atoms with Crippen molar-refractivity contribution in [2.75, 3.05) is 5.73 Å². The lowest BCUT2D eigenvalue weighted by molar-refractivity contribution is 0.492. The van der Waals surface area contributed by atoms with Gasteiger partial charge in [-0.05, 0) is 36.8 Å². The van der Waals surface area contributed by atoms with Crippen LogP contribution in [0.4, 0.5) is 5.95 Å². The van der Waals surface area contributed by atoms with Gasteiger partial charge in [-0.1, -0.05) is 24.3 Å². The van der Waals surface area contributed by atoms with E-state index in [1.807, 2.05) is 6.20 Å². The molecule has 0 amide bonds. The van der Waals surface area contributed by atoms with Gasteiger partial charge < -0.3 is 5.73 Å². The van der Waals surface area contributed by atoms with Crippen LogP contribution in [-0.2, 0) is 5.41 Å². The number of rotatable bonds is 4. The first-order valence-electron chi connectivity index (χ1n) is 7.76. The van der Waals surface area contributed by atoms with Crippen molar-refractivity contribution in [3.05, 3.63) is 58.8 Å². The van der Waals surface area contributed by atoms with E-state index in [4.69, 9.17) is 5.73 Å². The summed E-state index contributed by atoms with van der Waals surface area (Å²) in [5.74, 6) is 0.995. The number of anilines is 1. The predicted octanol–water partition coefficient (Wildman–Crippen LogP) is 3.90. The molecule has 1 fully saturated rings. The van der Waals surface area contributed by atoms with Crippen molar-refractivity contribution >= 4 is 17.3 Å². The standard InChI is InChI=1S/C18H18N4S/c1-18(15-6-7-15,16-20-8-9-23-16)14-4-2-12(3-5-14)13-10-21-17(19)22-11-13/h2-5,8-11,15H,6-7H2,1H3,(H2,19,21,22). The Morgan fingerprint density at radius 1 is 1.04 bits per heavy atom. The maximum Gasteiger partial charge on any atom is 0.219 e. The summed E-state index contributed by atoms with van der Waals surface area (Å²) in [5.41, 5.74) is 8.98. The Hall–Kier alpha value is -2.27. The molecule has 0 saturated heterocycles. The lowest BCUT2D eigenvalue weighted by atomic mass is 9.78. The molecule has 0 bridgehead atoms. The van der Waals surface area contributed by atoms with E-state index in [0.717, 1.165) is 11.1 Å². The molecular weight excluding hydrogens is 304 g/mol. The van der Waals surface area contributed by atoms with E-state index in [2.05, 4.69) is 51.5 Å². The van der Waals surface area contributed by atoms with Crippen LogP contribution in [0.15, 0.2) is 48.2 Å². The molecule has 116 valence electrons. The molecule has 3 aromatic rings. The van der Waals surface area contributed by atoms with Crippen LogP contribution in [-0.4, -0.2) is 15.0 Å². The molecule has 1 aliphatic carbocycles. The molecule has 1 unspecified atom stereocenters. The summed E-state index contributed by atoms with van der Waals surface area (Å²) in [6, 6.07) is 8.70. The van der Waals surface area contributed by atoms with Crippen molar-refractivity contribution in [3.63, 3.8) is 0 Å². The summed E-state index contributed by atoms with van der Waals surface area (Å²) in [4.78, 5) is 12.7. The molecule has 2 heterocycles. The van der Waals surface area contributed by atoms with Gasteiger partial charge in [0.15, 0.2) is 0 Å². The normalized spacial score (nSPS) is 16.9. The van der Waals surface area contributed by atoms with Crippen LogP contribution < -0.4 is 5.73 Å². The van der Waals surface area contributed by atoms with Gasteiger partial charge in [-0.15, -0.1) is 11.3 Å². The van der Waals surface area contributed by atoms with Gasteiger partial charge in [0.2, 0.25) is 5.95 Å². The van der Waals surface area contributed by atoms with Gasteiger partial charge in [0.25, 0.3) is 0 Å². The van der Waals surface area contributed by atoms with Gasteiger partial charge in [-0.2, -0.15) is 0 Å². The summed E-state index contributed by atoms with van der Waals surface area (Å²) in [6.07, 6.45) is 7.99. The van der Waals surface area contributed by atoms with Gasteiger partial charge in [0.05, 0.1) is 0 Å². The fourth-order valence-electron chi connectivity index (χ4n) is 3.17. The number of nitrogens with zero attached hydrogens (tertiary/aromatic N) is 3. The van der Waals surface area contributed by atoms with E-state index >= 15 is 0 Å². The minimum atomic E-state index is 0.0182. The maximum atomic E-state index is 5.55. The highest BCUT2D eigenvalue weighted by Gasteiger charge is 2.45. The predicted molar refractivity (Wildman–Crippen MR) is 93.2 cm³/mol. The minimum absolute atomic E-state index is 0.0182. The van der Waals surface area contributed by atoms with Crippen LogP contribution in [0.25, 0.3) is 11.1 Å². The average molecular weight is 322 g/mol. The van der Waals surface area contributed by atoms with Crippen molar-refractivity contribution in [2.45, 2.75) is 25.2 Å². The minimum Gasteiger partial charge on any atom is -0.368 e. The van der Waals surface area contributed by atoms with Gasteiger partial charge in [0.1, 0.15) is 5.01 Å². The Morgan fingerprint density at radius 3 is 2.30 bits per heavy atom. The fourth-order valence-corrected chi connectivity index (χ4v) is 4.07. The number of thiazole rings is 1. The number of hydrogen-bond donors (Lipinski definition) is 1. The van der Waals surface area contributed by atoms with E-state index in [0.29, 0.717) is 11.9 Å². The Balaban J connectivity index is 1.71. The Morgan fingerprint density at radius 2 is 1.74 bits per heavy atom. The topological polar surface area (TPSA) is 64.7 Å². The zero-order valence-electron chi connectivity index (χ0n) is 12.9. The highest BCUT2D eigenvalue weighted by molar-refractivity contribution is 7.09. The second-order valence-electron chi connectivity index (χ2n) is 6.22. The van der Waals surface area contributed by atoms with Crippen LogP contribution >= 0.6 is 11.3 Å². The van der Waals surface area contributed by atoms with Crippen LogP contribution in [0.1, 0.15) is 30.3 Å². The van der Waals surface area contributed by atoms with Gasteiger partial charge >= 0.3 is 0 Å². The van der Waals surface area contributed by atoms with E-state index in [1.165, 1.54) is 23.4 Å². The zero-order valence-corrected chi connectivity index (χ0v) is 13.8. The second kappa shape index (κ2) is 5.42. The van der Waals surface area contributed by atoms with Crippen molar-refractivity contribution in [1.29, 1.82) is 0 Å². The molecule has 4 rings (SSSR count). The van der Waals surface area contributed by atoms with Crippen LogP contribution in [0.2, 0.25) is 0 Å². The first-order chi connectivity index (χ1) is 11.2. The highest BCUT2D eigenvalue weighted by atomic mass is 32.1. The molecule has 2 N–H and O–H groups in total. The third-order valence-electron chi connectivity index (χ3n) is 4.76. The third-order valence-corrected chi connectivity index (χ3v) is 5.77. The van der Waals surface area contributed by atoms with E-state index < -0.39 is 0 Å². The summed E-state index contributed by atoms with van der Waals surface area (Å²) in [5, 5.41) is 3.28. The molecule has 1 atom stereocenters. The lowest BCUT2D eigenvalue weighted by Crippen LogP contribution is -2.26. The molecule has 4 nitrogen and oxygen atoms in total. The Kier molecular flexibility index (Phi) is 3.38. The van der Waals surface area contributed by atoms with Crippen molar-refractivity contribution < 1.29 is 0 Å². The van der Waals surface area contributed by atoms with Crippen molar-refractivity contribution in [1.82, 2.24) is 15.0 Å². The summed E-state index contributed by atoms with van der Waals surface area (Å²) in [6.45, 7) is 2.32. The Bertz CT molecular complexity index is 792. The van der Waals surface area contributed by atoms with E-state index in [1.54, 1.807) is 23.7 Å². The molecule has 2 aromatic heterocycles.